The minimum Gasteiger partial charge on any atom is -0.330 e. The van der Waals surface area contributed by atoms with Crippen LogP contribution in [0.4, 0.5) is 11.6 Å². The first-order chi connectivity index (χ1) is 8.47. The van der Waals surface area contributed by atoms with Crippen LogP contribution in [0.3, 0.4) is 0 Å². The van der Waals surface area contributed by atoms with Crippen molar-refractivity contribution in [2.24, 2.45) is 4.99 Å². The summed E-state index contributed by atoms with van der Waals surface area (Å²) in [6, 6.07) is 3.85. The molecule has 0 fully saturated rings. The van der Waals surface area contributed by atoms with Gasteiger partial charge in [-0.15, -0.1) is 0 Å². The van der Waals surface area contributed by atoms with Crippen molar-refractivity contribution in [1.29, 1.82) is 0 Å². The Balaban J connectivity index is 2.49. The minimum absolute atomic E-state index is 0.0182. The fourth-order valence-corrected chi connectivity index (χ4v) is 2.30. The molecule has 0 spiro atoms. The third-order valence-corrected chi connectivity index (χ3v) is 3.21. The zero-order chi connectivity index (χ0) is 12.9. The van der Waals surface area contributed by atoms with Crippen molar-refractivity contribution in [1.82, 2.24) is 9.55 Å². The molecule has 0 aromatic carbocycles. The molecular formula is C13H14N4S. The molecule has 0 unspecified atom stereocenters. The SMILES string of the molecule is CC(C)(C)n1cc2ccc(=S)nc3c2c1N=CN3. The van der Waals surface area contributed by atoms with E-state index in [1.165, 1.54) is 0 Å². The maximum absolute atomic E-state index is 5.16. The first-order valence-corrected chi connectivity index (χ1v) is 6.23. The molecule has 2 aromatic heterocycles. The van der Waals surface area contributed by atoms with Crippen LogP contribution >= 0.6 is 12.2 Å². The van der Waals surface area contributed by atoms with E-state index in [-0.39, 0.29) is 5.54 Å². The van der Waals surface area contributed by atoms with Gasteiger partial charge in [0.25, 0.3) is 0 Å². The molecule has 1 N–H and O–H groups in total. The molecule has 1 aliphatic heterocycles. The summed E-state index contributed by atoms with van der Waals surface area (Å²) in [5, 5.41) is 5.20. The predicted molar refractivity (Wildman–Crippen MR) is 77.3 cm³/mol. The largest absolute Gasteiger partial charge is 0.330 e. The Labute approximate surface area is 110 Å². The van der Waals surface area contributed by atoms with Crippen LogP contribution in [0.2, 0.25) is 0 Å². The van der Waals surface area contributed by atoms with Crippen molar-refractivity contribution < 1.29 is 0 Å². The van der Waals surface area contributed by atoms with Crippen LogP contribution < -0.4 is 5.32 Å². The Morgan fingerprint density at radius 1 is 1.28 bits per heavy atom. The van der Waals surface area contributed by atoms with Crippen molar-refractivity contribution in [3.63, 3.8) is 0 Å². The zero-order valence-electron chi connectivity index (χ0n) is 10.6. The standard InChI is InChI=1S/C13H14N4S/c1-13(2,3)17-6-8-4-5-9(18)16-11-10(8)12(17)15-7-14-11/h4-7H,1-3H3,(H,14,15,16,18). The van der Waals surface area contributed by atoms with E-state index in [9.17, 15) is 0 Å². The van der Waals surface area contributed by atoms with Gasteiger partial charge in [0, 0.05) is 17.1 Å². The topological polar surface area (TPSA) is 42.2 Å². The van der Waals surface area contributed by atoms with E-state index in [1.807, 2.05) is 12.1 Å². The summed E-state index contributed by atoms with van der Waals surface area (Å²) in [5.74, 6) is 1.72. The van der Waals surface area contributed by atoms with Crippen molar-refractivity contribution in [2.75, 3.05) is 5.32 Å². The van der Waals surface area contributed by atoms with Crippen LogP contribution in [-0.4, -0.2) is 15.9 Å². The lowest BCUT2D eigenvalue weighted by molar-refractivity contribution is 0.403. The number of nitrogens with one attached hydrogen (secondary N) is 1. The highest BCUT2D eigenvalue weighted by Crippen LogP contribution is 2.37. The molecule has 1 aliphatic rings. The molecule has 0 atom stereocenters. The normalized spacial score (nSPS) is 13.7. The number of hydrogen-bond acceptors (Lipinski definition) is 4. The number of anilines is 1. The van der Waals surface area contributed by atoms with Crippen molar-refractivity contribution in [2.45, 2.75) is 26.3 Å². The Bertz CT molecular complexity index is 722. The number of rotatable bonds is 0. The molecule has 5 heteroatoms. The second-order valence-electron chi connectivity index (χ2n) is 5.36. The van der Waals surface area contributed by atoms with Gasteiger partial charge >= 0.3 is 0 Å². The molecule has 3 rings (SSSR count). The fourth-order valence-electron chi connectivity index (χ4n) is 2.14. The second-order valence-corrected chi connectivity index (χ2v) is 5.78. The van der Waals surface area contributed by atoms with Gasteiger partial charge in [-0.05, 0) is 32.9 Å². The van der Waals surface area contributed by atoms with E-state index in [1.54, 1.807) is 6.34 Å². The molecule has 2 aromatic rings. The highest BCUT2D eigenvalue weighted by molar-refractivity contribution is 7.71. The Hall–Kier alpha value is -1.75. The molecule has 0 saturated carbocycles. The van der Waals surface area contributed by atoms with Gasteiger partial charge in [0.15, 0.2) is 0 Å². The highest BCUT2D eigenvalue weighted by Gasteiger charge is 2.22. The number of aliphatic imine (C=N–C) groups is 1. The quantitative estimate of drug-likeness (QED) is 0.734. The van der Waals surface area contributed by atoms with Gasteiger partial charge in [0.1, 0.15) is 16.3 Å². The van der Waals surface area contributed by atoms with Crippen LogP contribution in [0.1, 0.15) is 20.8 Å². The summed E-state index contributed by atoms with van der Waals surface area (Å²) in [5.41, 5.74) is -0.0182. The summed E-state index contributed by atoms with van der Waals surface area (Å²) in [4.78, 5) is 8.84. The van der Waals surface area contributed by atoms with Crippen LogP contribution in [-0.2, 0) is 5.54 Å². The Morgan fingerprint density at radius 2 is 2.06 bits per heavy atom. The first-order valence-electron chi connectivity index (χ1n) is 5.83. The monoisotopic (exact) mass is 258 g/mol. The van der Waals surface area contributed by atoms with Crippen molar-refractivity contribution in [3.05, 3.63) is 23.0 Å². The lowest BCUT2D eigenvalue weighted by Gasteiger charge is -2.23. The van der Waals surface area contributed by atoms with Gasteiger partial charge in [0.05, 0.1) is 11.7 Å². The molecule has 4 nitrogen and oxygen atoms in total. The molecule has 3 heterocycles. The highest BCUT2D eigenvalue weighted by atomic mass is 32.1. The maximum Gasteiger partial charge on any atom is 0.146 e. The van der Waals surface area contributed by atoms with Gasteiger partial charge in [-0.2, -0.15) is 0 Å². The number of nitrogens with zero attached hydrogens (tertiary/aromatic N) is 3. The first kappa shape index (κ1) is 11.3. The third-order valence-electron chi connectivity index (χ3n) is 2.98. The average Bonchev–Trinajstić information content (AvgIpc) is 2.57. The minimum atomic E-state index is -0.0182. The molecule has 0 aliphatic carbocycles. The van der Waals surface area contributed by atoms with E-state index in [0.717, 1.165) is 22.4 Å². The second kappa shape index (κ2) is 3.62. The molecule has 92 valence electrons. The van der Waals surface area contributed by atoms with Gasteiger partial charge < -0.3 is 9.88 Å². The zero-order valence-corrected chi connectivity index (χ0v) is 11.4. The summed E-state index contributed by atoms with van der Waals surface area (Å²) >= 11 is 5.16. The average molecular weight is 258 g/mol. The lowest BCUT2D eigenvalue weighted by Crippen LogP contribution is -2.20. The number of hydrogen-bond donors (Lipinski definition) is 1. The van der Waals surface area contributed by atoms with Crippen molar-refractivity contribution >= 4 is 41.0 Å². The third kappa shape index (κ3) is 1.62. The molecule has 0 amide bonds. The lowest BCUT2D eigenvalue weighted by atomic mass is 10.1. The van der Waals surface area contributed by atoms with E-state index in [2.05, 4.69) is 46.8 Å². The van der Waals surface area contributed by atoms with Gasteiger partial charge in [-0.1, -0.05) is 12.2 Å². The van der Waals surface area contributed by atoms with E-state index >= 15 is 0 Å². The summed E-state index contributed by atoms with van der Waals surface area (Å²) in [6.45, 7) is 6.47. The summed E-state index contributed by atoms with van der Waals surface area (Å²) in [6.07, 6.45) is 3.77. The van der Waals surface area contributed by atoms with Crippen molar-refractivity contribution in [3.8, 4) is 0 Å². The fraction of sp³-hybridized carbons (Fsp3) is 0.308. The summed E-state index contributed by atoms with van der Waals surface area (Å²) < 4.78 is 2.75. The molecule has 18 heavy (non-hydrogen) atoms. The van der Waals surface area contributed by atoms with E-state index in [0.29, 0.717) is 4.64 Å². The smallest absolute Gasteiger partial charge is 0.146 e. The van der Waals surface area contributed by atoms with Gasteiger partial charge in [-0.3, -0.25) is 0 Å². The van der Waals surface area contributed by atoms with E-state index in [4.69, 9.17) is 12.2 Å². The van der Waals surface area contributed by atoms with Crippen LogP contribution in [0.5, 0.6) is 0 Å². The molecule has 0 bridgehead atoms. The molecule has 0 radical (unpaired) electrons. The Kier molecular flexibility index (Phi) is 2.28. The van der Waals surface area contributed by atoms with Crippen LogP contribution in [0.25, 0.3) is 10.8 Å². The van der Waals surface area contributed by atoms with Crippen LogP contribution in [0, 0.1) is 4.64 Å². The Morgan fingerprint density at radius 3 is 2.78 bits per heavy atom. The van der Waals surface area contributed by atoms with Gasteiger partial charge in [-0.25, -0.2) is 9.98 Å². The molecule has 0 saturated heterocycles. The predicted octanol–water partition coefficient (Wildman–Crippen LogP) is 3.61. The van der Waals surface area contributed by atoms with Gasteiger partial charge in [0.2, 0.25) is 0 Å². The van der Waals surface area contributed by atoms with E-state index < -0.39 is 0 Å². The van der Waals surface area contributed by atoms with Crippen LogP contribution in [0.15, 0.2) is 23.3 Å². The number of aromatic nitrogens is 2. The molecular weight excluding hydrogens is 244 g/mol. The maximum atomic E-state index is 5.16. The summed E-state index contributed by atoms with van der Waals surface area (Å²) in [7, 11) is 0.